The van der Waals surface area contributed by atoms with Gasteiger partial charge >= 0.3 is 0 Å². The number of aromatic nitrogens is 1. The Hall–Kier alpha value is -2.98. The number of pyridine rings is 1. The Balaban J connectivity index is 1.75. The second-order valence-electron chi connectivity index (χ2n) is 5.87. The number of aliphatic hydroxyl groups excluding tert-OH is 1. The van der Waals surface area contributed by atoms with Gasteiger partial charge in [-0.05, 0) is 42.8 Å². The van der Waals surface area contributed by atoms with Crippen LogP contribution in [0.25, 0.3) is 0 Å². The molecule has 0 fully saturated rings. The van der Waals surface area contributed by atoms with E-state index in [1.54, 1.807) is 12.1 Å². The Kier molecular flexibility index (Phi) is 5.90. The van der Waals surface area contributed by atoms with E-state index >= 15 is 0 Å². The fourth-order valence-electron chi connectivity index (χ4n) is 2.53. The number of sulfonamides is 1. The molecule has 1 unspecified atom stereocenters. The Bertz CT molecular complexity index is 1010. The van der Waals surface area contributed by atoms with Crippen molar-refractivity contribution in [3.8, 4) is 0 Å². The fraction of sp³-hybridized carbons (Fsp3) is 0.167. The summed E-state index contributed by atoms with van der Waals surface area (Å²) in [7, 11) is -4.08. The second kappa shape index (κ2) is 8.36. The van der Waals surface area contributed by atoms with Gasteiger partial charge in [-0.3, -0.25) is 4.72 Å². The molecule has 3 rings (SSSR count). The van der Waals surface area contributed by atoms with Gasteiger partial charge in [0.05, 0.1) is 18.0 Å². The summed E-state index contributed by atoms with van der Waals surface area (Å²) in [5, 5.41) is 12.2. The predicted octanol–water partition coefficient (Wildman–Crippen LogP) is 3.29. The number of nitrogens with zero attached hydrogens (tertiary/aromatic N) is 1. The molecule has 0 saturated carbocycles. The first-order valence-electron chi connectivity index (χ1n) is 8.23. The van der Waals surface area contributed by atoms with Crippen LogP contribution in [0.1, 0.15) is 18.2 Å². The van der Waals surface area contributed by atoms with Crippen LogP contribution in [-0.4, -0.2) is 25.1 Å². The van der Waals surface area contributed by atoms with Gasteiger partial charge in [0.1, 0.15) is 28.1 Å². The van der Waals surface area contributed by atoms with Crippen molar-refractivity contribution in [3.05, 3.63) is 72.3 Å². The van der Waals surface area contributed by atoms with Crippen LogP contribution in [0.4, 0.5) is 20.3 Å². The first kappa shape index (κ1) is 19.8. The molecule has 28 heavy (non-hydrogen) atoms. The quantitative estimate of drug-likeness (QED) is 0.527. The molecule has 2 aromatic heterocycles. The third-order valence-electron chi connectivity index (χ3n) is 3.79. The number of hydrogen-bond donors (Lipinski definition) is 3. The average Bonchev–Trinajstić information content (AvgIpc) is 3.15. The average molecular weight is 409 g/mol. The van der Waals surface area contributed by atoms with Crippen molar-refractivity contribution in [3.63, 3.8) is 0 Å². The van der Waals surface area contributed by atoms with Gasteiger partial charge in [0, 0.05) is 18.9 Å². The zero-order valence-electron chi connectivity index (χ0n) is 14.5. The highest BCUT2D eigenvalue weighted by Crippen LogP contribution is 2.23. The van der Waals surface area contributed by atoms with E-state index in [9.17, 15) is 22.3 Å². The van der Waals surface area contributed by atoms with Gasteiger partial charge in [-0.15, -0.1) is 0 Å². The molecule has 3 aromatic rings. The highest BCUT2D eigenvalue weighted by Gasteiger charge is 2.18. The van der Waals surface area contributed by atoms with Crippen LogP contribution in [0.15, 0.2) is 64.2 Å². The smallest absolute Gasteiger partial charge is 0.263 e. The molecule has 148 valence electrons. The molecule has 0 aliphatic rings. The summed E-state index contributed by atoms with van der Waals surface area (Å²) >= 11 is 0. The molecular weight excluding hydrogens is 392 g/mol. The van der Waals surface area contributed by atoms with Crippen LogP contribution in [-0.2, 0) is 10.0 Å². The number of hydrogen-bond acceptors (Lipinski definition) is 6. The summed E-state index contributed by atoms with van der Waals surface area (Å²) in [5.41, 5.74) is -0.236. The SMILES string of the molecule is O=S(=O)(Nc1cc(F)cc(F)c1)c1ccc(NC(CCO)c2ccco2)nc1. The maximum atomic E-state index is 13.2. The van der Waals surface area contributed by atoms with E-state index in [0.717, 1.165) is 18.3 Å². The Morgan fingerprint density at radius 3 is 2.46 bits per heavy atom. The highest BCUT2D eigenvalue weighted by atomic mass is 32.2. The molecule has 0 aliphatic heterocycles. The summed E-state index contributed by atoms with van der Waals surface area (Å²) in [6, 6.07) is 8.23. The van der Waals surface area contributed by atoms with Gasteiger partial charge in [-0.1, -0.05) is 0 Å². The lowest BCUT2D eigenvalue weighted by Crippen LogP contribution is -2.15. The number of benzene rings is 1. The van der Waals surface area contributed by atoms with Crippen molar-refractivity contribution >= 4 is 21.5 Å². The van der Waals surface area contributed by atoms with E-state index in [1.807, 2.05) is 0 Å². The number of nitrogens with one attached hydrogen (secondary N) is 2. The van der Waals surface area contributed by atoms with Crippen molar-refractivity contribution < 1.29 is 26.7 Å². The van der Waals surface area contributed by atoms with Gasteiger partial charge in [0.15, 0.2) is 0 Å². The molecule has 3 N–H and O–H groups in total. The van der Waals surface area contributed by atoms with E-state index in [1.165, 1.54) is 18.4 Å². The zero-order valence-corrected chi connectivity index (χ0v) is 15.3. The van der Waals surface area contributed by atoms with Crippen molar-refractivity contribution in [1.29, 1.82) is 0 Å². The molecule has 1 aromatic carbocycles. The summed E-state index contributed by atoms with van der Waals surface area (Å²) in [4.78, 5) is 3.87. The molecule has 0 spiro atoms. The maximum Gasteiger partial charge on any atom is 0.263 e. The van der Waals surface area contributed by atoms with Crippen LogP contribution in [0, 0.1) is 11.6 Å². The molecule has 7 nitrogen and oxygen atoms in total. The standard InChI is InChI=1S/C18H17F2N3O4S/c19-12-8-13(20)10-14(9-12)23-28(25,26)15-3-4-18(21-11-15)22-16(5-6-24)17-2-1-7-27-17/h1-4,7-11,16,23-24H,5-6H2,(H,21,22). The third-order valence-corrected chi connectivity index (χ3v) is 5.15. The van der Waals surface area contributed by atoms with Crippen LogP contribution in [0.2, 0.25) is 0 Å². The van der Waals surface area contributed by atoms with Gasteiger partial charge in [0.2, 0.25) is 0 Å². The topological polar surface area (TPSA) is 104 Å². The minimum absolute atomic E-state index is 0.0844. The second-order valence-corrected chi connectivity index (χ2v) is 7.55. The van der Waals surface area contributed by atoms with Crippen molar-refractivity contribution in [2.75, 3.05) is 16.6 Å². The number of anilines is 2. The third kappa shape index (κ3) is 4.84. The molecule has 1 atom stereocenters. The summed E-state index contributed by atoms with van der Waals surface area (Å²) in [6.07, 6.45) is 2.98. The van der Waals surface area contributed by atoms with Gasteiger partial charge in [-0.25, -0.2) is 22.2 Å². The Morgan fingerprint density at radius 1 is 1.14 bits per heavy atom. The monoisotopic (exact) mass is 409 g/mol. The normalized spacial score (nSPS) is 12.5. The largest absolute Gasteiger partial charge is 0.467 e. The van der Waals surface area contributed by atoms with E-state index in [0.29, 0.717) is 24.1 Å². The molecule has 0 bridgehead atoms. The lowest BCUT2D eigenvalue weighted by atomic mass is 10.1. The van der Waals surface area contributed by atoms with Crippen LogP contribution < -0.4 is 10.0 Å². The van der Waals surface area contributed by atoms with Gasteiger partial charge < -0.3 is 14.8 Å². The van der Waals surface area contributed by atoms with Crippen LogP contribution in [0.5, 0.6) is 0 Å². The lowest BCUT2D eigenvalue weighted by Gasteiger charge is -2.16. The van der Waals surface area contributed by atoms with Crippen molar-refractivity contribution in [1.82, 2.24) is 4.98 Å². The number of furan rings is 1. The number of aliphatic hydroxyl groups is 1. The predicted molar refractivity (Wildman–Crippen MR) is 98.2 cm³/mol. The molecule has 0 radical (unpaired) electrons. The first-order chi connectivity index (χ1) is 13.4. The summed E-state index contributed by atoms with van der Waals surface area (Å²) in [5.74, 6) is -0.834. The van der Waals surface area contributed by atoms with E-state index in [4.69, 9.17) is 4.42 Å². The number of halogens is 2. The van der Waals surface area contributed by atoms with E-state index in [2.05, 4.69) is 15.0 Å². The highest BCUT2D eigenvalue weighted by molar-refractivity contribution is 7.92. The zero-order chi connectivity index (χ0) is 20.1. The molecule has 0 aliphatic carbocycles. The number of rotatable bonds is 8. The molecule has 10 heteroatoms. The minimum atomic E-state index is -4.08. The summed E-state index contributed by atoms with van der Waals surface area (Å²) < 4.78 is 58.7. The molecule has 2 heterocycles. The van der Waals surface area contributed by atoms with Crippen LogP contribution >= 0.6 is 0 Å². The van der Waals surface area contributed by atoms with Crippen molar-refractivity contribution in [2.45, 2.75) is 17.4 Å². The minimum Gasteiger partial charge on any atom is -0.467 e. The molecule has 0 amide bonds. The van der Waals surface area contributed by atoms with Crippen molar-refractivity contribution in [2.24, 2.45) is 0 Å². The van der Waals surface area contributed by atoms with Gasteiger partial charge in [0.25, 0.3) is 10.0 Å². The molecule has 0 saturated heterocycles. The maximum absolute atomic E-state index is 13.2. The summed E-state index contributed by atoms with van der Waals surface area (Å²) in [6.45, 7) is -0.0844. The van der Waals surface area contributed by atoms with E-state index < -0.39 is 21.7 Å². The fourth-order valence-corrected chi connectivity index (χ4v) is 3.52. The lowest BCUT2D eigenvalue weighted by molar-refractivity contribution is 0.273. The molecular formula is C18H17F2N3O4S. The van der Waals surface area contributed by atoms with Gasteiger partial charge in [-0.2, -0.15) is 0 Å². The van der Waals surface area contributed by atoms with E-state index in [-0.39, 0.29) is 23.2 Å². The Morgan fingerprint density at radius 2 is 1.89 bits per heavy atom. The first-order valence-corrected chi connectivity index (χ1v) is 9.71. The Labute approximate surface area is 160 Å². The van der Waals surface area contributed by atoms with Crippen LogP contribution in [0.3, 0.4) is 0 Å².